The number of carbonyl (C=O) groups excluding carboxylic acids is 1. The second-order valence-electron chi connectivity index (χ2n) is 6.50. The number of alkyl halides is 3. The Morgan fingerprint density at radius 1 is 1.15 bits per heavy atom. The Labute approximate surface area is 155 Å². The number of hydrogen-bond acceptors (Lipinski definition) is 3. The number of ether oxygens (including phenoxy) is 1. The van der Waals surface area contributed by atoms with Gasteiger partial charge in [-0.25, -0.2) is 0 Å². The van der Waals surface area contributed by atoms with Crippen LogP contribution >= 0.6 is 0 Å². The van der Waals surface area contributed by atoms with Gasteiger partial charge in [0, 0.05) is 31.7 Å². The molecule has 2 aromatic rings. The van der Waals surface area contributed by atoms with Gasteiger partial charge in [0.15, 0.2) is 0 Å². The van der Waals surface area contributed by atoms with Crippen LogP contribution in [-0.2, 0) is 17.5 Å². The Morgan fingerprint density at radius 2 is 1.93 bits per heavy atom. The second kappa shape index (κ2) is 8.54. The summed E-state index contributed by atoms with van der Waals surface area (Å²) in [6.07, 6.45) is -4.67. The molecule has 144 valence electrons. The van der Waals surface area contributed by atoms with Gasteiger partial charge >= 0.3 is 6.18 Å². The van der Waals surface area contributed by atoms with Crippen LogP contribution in [0.1, 0.15) is 21.5 Å². The molecule has 0 spiro atoms. The Kier molecular flexibility index (Phi) is 6.13. The summed E-state index contributed by atoms with van der Waals surface area (Å²) in [5.41, 5.74) is 0.353. The molecule has 1 heterocycles. The predicted molar refractivity (Wildman–Crippen MR) is 95.2 cm³/mol. The fourth-order valence-corrected chi connectivity index (χ4v) is 3.03. The molecule has 4 nitrogen and oxygen atoms in total. The van der Waals surface area contributed by atoms with Crippen LogP contribution < -0.4 is 5.32 Å². The lowest BCUT2D eigenvalue weighted by atomic mass is 10.1. The Balaban J connectivity index is 1.53. The number of nitrogens with zero attached hydrogens (tertiary/aromatic N) is 1. The number of benzene rings is 2. The van der Waals surface area contributed by atoms with Crippen molar-refractivity contribution in [2.45, 2.75) is 18.8 Å². The minimum Gasteiger partial charge on any atom is -0.374 e. The van der Waals surface area contributed by atoms with Gasteiger partial charge in [0.05, 0.1) is 18.3 Å². The van der Waals surface area contributed by atoms with Gasteiger partial charge in [-0.3, -0.25) is 9.69 Å². The lowest BCUT2D eigenvalue weighted by molar-refractivity contribution is -0.137. The lowest BCUT2D eigenvalue weighted by Crippen LogP contribution is -2.47. The van der Waals surface area contributed by atoms with Crippen molar-refractivity contribution in [2.24, 2.45) is 0 Å². The molecule has 0 radical (unpaired) electrons. The van der Waals surface area contributed by atoms with Gasteiger partial charge in [-0.15, -0.1) is 0 Å². The van der Waals surface area contributed by atoms with E-state index in [4.69, 9.17) is 4.74 Å². The van der Waals surface area contributed by atoms with Gasteiger partial charge in [0.25, 0.3) is 5.91 Å². The molecule has 1 unspecified atom stereocenters. The average Bonchev–Trinajstić information content (AvgIpc) is 2.67. The SMILES string of the molecule is O=C(NCC1CN(Cc2ccccc2)CCO1)c1cccc(C(F)(F)F)c1. The number of halogens is 3. The molecule has 1 amide bonds. The maximum Gasteiger partial charge on any atom is 0.416 e. The first kappa shape index (κ1) is 19.4. The van der Waals surface area contributed by atoms with Gasteiger partial charge in [-0.1, -0.05) is 36.4 Å². The van der Waals surface area contributed by atoms with E-state index in [-0.39, 0.29) is 18.2 Å². The summed E-state index contributed by atoms with van der Waals surface area (Å²) in [7, 11) is 0. The second-order valence-corrected chi connectivity index (χ2v) is 6.50. The van der Waals surface area contributed by atoms with Crippen molar-refractivity contribution in [2.75, 3.05) is 26.2 Å². The first-order valence-electron chi connectivity index (χ1n) is 8.75. The Morgan fingerprint density at radius 3 is 2.67 bits per heavy atom. The van der Waals surface area contributed by atoms with Crippen LogP contribution in [0.4, 0.5) is 13.2 Å². The molecule has 1 aliphatic rings. The van der Waals surface area contributed by atoms with Gasteiger partial charge in [-0.2, -0.15) is 13.2 Å². The smallest absolute Gasteiger partial charge is 0.374 e. The Hall–Kier alpha value is -2.38. The standard InChI is InChI=1S/C20H21F3N2O2/c21-20(22,23)17-8-4-7-16(11-17)19(26)24-12-18-14-25(9-10-27-18)13-15-5-2-1-3-6-15/h1-8,11,18H,9-10,12-14H2,(H,24,26). The number of morpholine rings is 1. The summed E-state index contributed by atoms with van der Waals surface area (Å²) in [6, 6.07) is 14.5. The quantitative estimate of drug-likeness (QED) is 0.868. The van der Waals surface area contributed by atoms with Crippen molar-refractivity contribution < 1.29 is 22.7 Å². The highest BCUT2D eigenvalue weighted by atomic mass is 19.4. The molecule has 0 aliphatic carbocycles. The molecule has 1 atom stereocenters. The van der Waals surface area contributed by atoms with E-state index in [0.29, 0.717) is 13.2 Å². The van der Waals surface area contributed by atoms with Crippen LogP contribution in [0.25, 0.3) is 0 Å². The first-order valence-corrected chi connectivity index (χ1v) is 8.75. The monoisotopic (exact) mass is 378 g/mol. The summed E-state index contributed by atoms with van der Waals surface area (Å²) in [5.74, 6) is -0.537. The molecular formula is C20H21F3N2O2. The third kappa shape index (κ3) is 5.55. The summed E-state index contributed by atoms with van der Waals surface area (Å²) in [5, 5.41) is 2.67. The van der Waals surface area contributed by atoms with Gasteiger partial charge in [0.1, 0.15) is 0 Å². The number of rotatable bonds is 5. The molecule has 1 N–H and O–H groups in total. The molecule has 2 aromatic carbocycles. The van der Waals surface area contributed by atoms with Crippen molar-refractivity contribution >= 4 is 5.91 Å². The normalized spacial score (nSPS) is 18.3. The fraction of sp³-hybridized carbons (Fsp3) is 0.350. The molecular weight excluding hydrogens is 357 g/mol. The van der Waals surface area contributed by atoms with Crippen LogP contribution in [0.2, 0.25) is 0 Å². The van der Waals surface area contributed by atoms with Crippen molar-refractivity contribution in [3.05, 3.63) is 71.3 Å². The van der Waals surface area contributed by atoms with Crippen LogP contribution in [0.3, 0.4) is 0 Å². The van der Waals surface area contributed by atoms with E-state index in [1.54, 1.807) is 0 Å². The van der Waals surface area contributed by atoms with Crippen molar-refractivity contribution in [1.82, 2.24) is 10.2 Å². The van der Waals surface area contributed by atoms with E-state index in [1.165, 1.54) is 17.7 Å². The zero-order valence-corrected chi connectivity index (χ0v) is 14.7. The largest absolute Gasteiger partial charge is 0.416 e. The summed E-state index contributed by atoms with van der Waals surface area (Å²) in [4.78, 5) is 14.4. The van der Waals surface area contributed by atoms with E-state index >= 15 is 0 Å². The molecule has 1 saturated heterocycles. The van der Waals surface area contributed by atoms with E-state index in [9.17, 15) is 18.0 Å². The number of carbonyl (C=O) groups is 1. The minimum atomic E-state index is -4.47. The van der Waals surface area contributed by atoms with Crippen LogP contribution in [0.15, 0.2) is 54.6 Å². The molecule has 0 saturated carbocycles. The van der Waals surface area contributed by atoms with Crippen molar-refractivity contribution in [1.29, 1.82) is 0 Å². The predicted octanol–water partition coefficient (Wildman–Crippen LogP) is 3.34. The van der Waals surface area contributed by atoms with Crippen LogP contribution in [0.5, 0.6) is 0 Å². The van der Waals surface area contributed by atoms with E-state index in [0.717, 1.165) is 25.2 Å². The Bertz CT molecular complexity index is 765. The number of hydrogen-bond donors (Lipinski definition) is 1. The maximum absolute atomic E-state index is 12.8. The lowest BCUT2D eigenvalue weighted by Gasteiger charge is -2.33. The van der Waals surface area contributed by atoms with Crippen molar-refractivity contribution in [3.63, 3.8) is 0 Å². The highest BCUT2D eigenvalue weighted by Gasteiger charge is 2.31. The maximum atomic E-state index is 12.8. The van der Waals surface area contributed by atoms with Crippen LogP contribution in [0, 0.1) is 0 Å². The van der Waals surface area contributed by atoms with Gasteiger partial charge in [0.2, 0.25) is 0 Å². The molecule has 3 rings (SSSR count). The molecule has 7 heteroatoms. The molecule has 27 heavy (non-hydrogen) atoms. The van der Waals surface area contributed by atoms with Gasteiger partial charge < -0.3 is 10.1 Å². The molecule has 0 aromatic heterocycles. The van der Waals surface area contributed by atoms with Crippen LogP contribution in [-0.4, -0.2) is 43.2 Å². The van der Waals surface area contributed by atoms with E-state index in [2.05, 4.69) is 22.3 Å². The first-order chi connectivity index (χ1) is 12.9. The van der Waals surface area contributed by atoms with E-state index < -0.39 is 17.6 Å². The molecule has 0 bridgehead atoms. The third-order valence-corrected chi connectivity index (χ3v) is 4.41. The zero-order chi connectivity index (χ0) is 19.3. The summed E-state index contributed by atoms with van der Waals surface area (Å²) < 4.78 is 44.0. The topological polar surface area (TPSA) is 41.6 Å². The van der Waals surface area contributed by atoms with Crippen molar-refractivity contribution in [3.8, 4) is 0 Å². The molecule has 1 aliphatic heterocycles. The zero-order valence-electron chi connectivity index (χ0n) is 14.7. The number of nitrogens with one attached hydrogen (secondary N) is 1. The van der Waals surface area contributed by atoms with Gasteiger partial charge in [-0.05, 0) is 23.8 Å². The average molecular weight is 378 g/mol. The fourth-order valence-electron chi connectivity index (χ4n) is 3.03. The minimum absolute atomic E-state index is 0.0122. The van der Waals surface area contributed by atoms with E-state index in [1.807, 2.05) is 18.2 Å². The third-order valence-electron chi connectivity index (χ3n) is 4.41. The summed E-state index contributed by atoms with van der Waals surface area (Å²) in [6.45, 7) is 3.05. The summed E-state index contributed by atoms with van der Waals surface area (Å²) >= 11 is 0. The highest BCUT2D eigenvalue weighted by Crippen LogP contribution is 2.29. The number of amides is 1. The highest BCUT2D eigenvalue weighted by molar-refractivity contribution is 5.94. The molecule has 1 fully saturated rings.